The summed E-state index contributed by atoms with van der Waals surface area (Å²) in [6.45, 7) is 0.420. The van der Waals surface area contributed by atoms with Gasteiger partial charge in [-0.2, -0.15) is 0 Å². The summed E-state index contributed by atoms with van der Waals surface area (Å²) in [6, 6.07) is 0. The third-order valence-electron chi connectivity index (χ3n) is 1.65. The minimum atomic E-state index is -0.879. The average molecular weight is 182 g/mol. The first-order chi connectivity index (χ1) is 4.74. The van der Waals surface area contributed by atoms with E-state index in [1.54, 1.807) is 0 Å². The lowest BCUT2D eigenvalue weighted by atomic mass is 10.2. The van der Waals surface area contributed by atoms with E-state index in [1.807, 2.05) is 0 Å². The molecular weight excluding hydrogens is 170 g/mol. The molecular formula is C6H12ClNO3. The van der Waals surface area contributed by atoms with Crippen LogP contribution in [-0.2, 0) is 9.53 Å². The van der Waals surface area contributed by atoms with E-state index >= 15 is 0 Å². The van der Waals surface area contributed by atoms with Gasteiger partial charge in [0, 0.05) is 6.54 Å². The summed E-state index contributed by atoms with van der Waals surface area (Å²) in [5, 5.41) is 8.46. The fraction of sp³-hybridized carbons (Fsp3) is 0.833. The molecule has 1 saturated heterocycles. The Balaban J connectivity index is 0.000001000. The van der Waals surface area contributed by atoms with E-state index in [-0.39, 0.29) is 18.5 Å². The second kappa shape index (κ2) is 4.54. The number of carboxylic acid groups (broad SMARTS) is 1. The van der Waals surface area contributed by atoms with Gasteiger partial charge in [-0.25, -0.2) is 4.79 Å². The fourth-order valence-corrected chi connectivity index (χ4v) is 1.06. The molecule has 5 heteroatoms. The Hall–Kier alpha value is -0.320. The predicted octanol–water partition coefficient (Wildman–Crippen LogP) is -0.000900. The number of carboxylic acids is 1. The van der Waals surface area contributed by atoms with Crippen LogP contribution in [0.1, 0.15) is 12.8 Å². The molecule has 3 N–H and O–H groups in total. The van der Waals surface area contributed by atoms with Crippen LogP contribution in [0.3, 0.4) is 0 Å². The molecule has 1 aliphatic rings. The Morgan fingerprint density at radius 2 is 2.27 bits per heavy atom. The molecule has 0 spiro atoms. The third kappa shape index (κ3) is 2.65. The Labute approximate surface area is 71.1 Å². The molecule has 0 radical (unpaired) electrons. The minimum absolute atomic E-state index is 0. The lowest BCUT2D eigenvalue weighted by Gasteiger charge is -2.06. The number of halogens is 1. The van der Waals surface area contributed by atoms with Gasteiger partial charge in [0.15, 0.2) is 6.10 Å². The smallest absolute Gasteiger partial charge is 0.332 e. The van der Waals surface area contributed by atoms with E-state index in [0.29, 0.717) is 13.0 Å². The van der Waals surface area contributed by atoms with Crippen molar-refractivity contribution in [2.24, 2.45) is 5.73 Å². The van der Waals surface area contributed by atoms with E-state index < -0.39 is 12.1 Å². The molecule has 0 aromatic carbocycles. The number of hydrogen-bond acceptors (Lipinski definition) is 3. The molecule has 1 fully saturated rings. The molecule has 11 heavy (non-hydrogen) atoms. The maximum atomic E-state index is 10.3. The zero-order valence-electron chi connectivity index (χ0n) is 6.03. The van der Waals surface area contributed by atoms with Crippen LogP contribution in [0.4, 0.5) is 0 Å². The van der Waals surface area contributed by atoms with Crippen LogP contribution in [0.5, 0.6) is 0 Å². The lowest BCUT2D eigenvalue weighted by Crippen LogP contribution is -2.24. The van der Waals surface area contributed by atoms with Crippen LogP contribution < -0.4 is 5.73 Å². The minimum Gasteiger partial charge on any atom is -0.479 e. The van der Waals surface area contributed by atoms with E-state index in [1.165, 1.54) is 0 Å². The van der Waals surface area contributed by atoms with Gasteiger partial charge >= 0.3 is 5.97 Å². The van der Waals surface area contributed by atoms with Gasteiger partial charge in [0.2, 0.25) is 0 Å². The van der Waals surface area contributed by atoms with Gasteiger partial charge in [0.1, 0.15) is 0 Å². The number of ether oxygens (including phenoxy) is 1. The van der Waals surface area contributed by atoms with Gasteiger partial charge < -0.3 is 15.6 Å². The number of aliphatic carboxylic acids is 1. The van der Waals surface area contributed by atoms with Crippen molar-refractivity contribution in [2.75, 3.05) is 6.54 Å². The van der Waals surface area contributed by atoms with Crippen LogP contribution in [0.25, 0.3) is 0 Å². The summed E-state index contributed by atoms with van der Waals surface area (Å²) >= 11 is 0. The molecule has 1 heterocycles. The summed E-state index contributed by atoms with van der Waals surface area (Å²) in [7, 11) is 0. The number of nitrogens with two attached hydrogens (primary N) is 1. The maximum Gasteiger partial charge on any atom is 0.332 e. The maximum absolute atomic E-state index is 10.3. The van der Waals surface area contributed by atoms with Crippen molar-refractivity contribution in [3.63, 3.8) is 0 Å². The van der Waals surface area contributed by atoms with Crippen LogP contribution in [0, 0.1) is 0 Å². The molecule has 0 aromatic rings. The number of hydrogen-bond donors (Lipinski definition) is 2. The summed E-state index contributed by atoms with van der Waals surface area (Å²) in [5.41, 5.74) is 5.28. The van der Waals surface area contributed by atoms with E-state index in [9.17, 15) is 4.79 Å². The van der Waals surface area contributed by atoms with Gasteiger partial charge in [0.05, 0.1) is 6.10 Å². The van der Waals surface area contributed by atoms with Gasteiger partial charge in [-0.15, -0.1) is 12.4 Å². The SMILES string of the molecule is Cl.NCC1CCC(C(=O)O)O1. The van der Waals surface area contributed by atoms with Crippen LogP contribution in [0.2, 0.25) is 0 Å². The van der Waals surface area contributed by atoms with E-state index in [2.05, 4.69) is 0 Å². The third-order valence-corrected chi connectivity index (χ3v) is 1.65. The van der Waals surface area contributed by atoms with E-state index in [4.69, 9.17) is 15.6 Å². The van der Waals surface area contributed by atoms with Crippen molar-refractivity contribution in [3.8, 4) is 0 Å². The molecule has 1 rings (SSSR count). The van der Waals surface area contributed by atoms with Crippen molar-refractivity contribution >= 4 is 18.4 Å². The molecule has 2 atom stereocenters. The predicted molar refractivity (Wildman–Crippen MR) is 41.8 cm³/mol. The lowest BCUT2D eigenvalue weighted by molar-refractivity contribution is -0.149. The average Bonchev–Trinajstić information content (AvgIpc) is 2.34. The number of carbonyl (C=O) groups is 1. The Kier molecular flexibility index (Phi) is 4.40. The molecule has 1 aliphatic heterocycles. The first-order valence-corrected chi connectivity index (χ1v) is 3.32. The Bertz CT molecular complexity index is 142. The highest BCUT2D eigenvalue weighted by Gasteiger charge is 2.29. The molecule has 2 unspecified atom stereocenters. The summed E-state index contributed by atoms with van der Waals surface area (Å²) in [5.74, 6) is -0.879. The molecule has 0 bridgehead atoms. The second-order valence-corrected chi connectivity index (χ2v) is 2.40. The highest BCUT2D eigenvalue weighted by Crippen LogP contribution is 2.18. The normalized spacial score (nSPS) is 29.5. The summed E-state index contributed by atoms with van der Waals surface area (Å²) in [6.07, 6.45) is 0.708. The van der Waals surface area contributed by atoms with Crippen molar-refractivity contribution in [1.29, 1.82) is 0 Å². The highest BCUT2D eigenvalue weighted by atomic mass is 35.5. The zero-order valence-corrected chi connectivity index (χ0v) is 6.84. The monoisotopic (exact) mass is 181 g/mol. The molecule has 0 amide bonds. The van der Waals surface area contributed by atoms with Crippen LogP contribution >= 0.6 is 12.4 Å². The standard InChI is InChI=1S/C6H11NO3.ClH/c7-3-4-1-2-5(10-4)6(8)9;/h4-5H,1-3,7H2,(H,8,9);1H. The zero-order chi connectivity index (χ0) is 7.56. The Morgan fingerprint density at radius 3 is 2.55 bits per heavy atom. The van der Waals surface area contributed by atoms with Gasteiger partial charge in [-0.05, 0) is 12.8 Å². The number of rotatable bonds is 2. The largest absolute Gasteiger partial charge is 0.479 e. The van der Waals surface area contributed by atoms with Crippen molar-refractivity contribution in [3.05, 3.63) is 0 Å². The van der Waals surface area contributed by atoms with Crippen LogP contribution in [0.15, 0.2) is 0 Å². The van der Waals surface area contributed by atoms with Crippen LogP contribution in [-0.4, -0.2) is 29.8 Å². The Morgan fingerprint density at radius 1 is 1.64 bits per heavy atom. The first-order valence-electron chi connectivity index (χ1n) is 3.32. The summed E-state index contributed by atoms with van der Waals surface area (Å²) < 4.78 is 5.05. The topological polar surface area (TPSA) is 72.6 Å². The van der Waals surface area contributed by atoms with Crippen molar-refractivity contribution in [1.82, 2.24) is 0 Å². The van der Waals surface area contributed by atoms with Crippen molar-refractivity contribution < 1.29 is 14.6 Å². The molecule has 0 aromatic heterocycles. The highest BCUT2D eigenvalue weighted by molar-refractivity contribution is 5.85. The molecule has 4 nitrogen and oxygen atoms in total. The van der Waals surface area contributed by atoms with Gasteiger partial charge in [0.25, 0.3) is 0 Å². The first kappa shape index (κ1) is 10.7. The van der Waals surface area contributed by atoms with Gasteiger partial charge in [-0.3, -0.25) is 0 Å². The molecule has 0 aliphatic carbocycles. The van der Waals surface area contributed by atoms with Gasteiger partial charge in [-0.1, -0.05) is 0 Å². The fourth-order valence-electron chi connectivity index (χ4n) is 1.06. The quantitative estimate of drug-likeness (QED) is 0.629. The van der Waals surface area contributed by atoms with Crippen molar-refractivity contribution in [2.45, 2.75) is 25.0 Å². The summed E-state index contributed by atoms with van der Waals surface area (Å²) in [4.78, 5) is 10.3. The molecule has 66 valence electrons. The van der Waals surface area contributed by atoms with E-state index in [0.717, 1.165) is 6.42 Å². The second-order valence-electron chi connectivity index (χ2n) is 2.40. The molecule has 0 saturated carbocycles.